The topological polar surface area (TPSA) is 82.6 Å². The van der Waals surface area contributed by atoms with Crippen molar-refractivity contribution in [2.45, 2.75) is 18.9 Å². The molecule has 1 aliphatic heterocycles. The zero-order valence-corrected chi connectivity index (χ0v) is 16.6. The second-order valence-electron chi connectivity index (χ2n) is 6.88. The van der Waals surface area contributed by atoms with Crippen molar-refractivity contribution in [1.29, 1.82) is 0 Å². The van der Waals surface area contributed by atoms with Crippen molar-refractivity contribution in [3.05, 3.63) is 48.4 Å². The van der Waals surface area contributed by atoms with Crippen LogP contribution in [0.2, 0.25) is 0 Å². The summed E-state index contributed by atoms with van der Waals surface area (Å²) in [5.41, 5.74) is 1.80. The third-order valence-electron chi connectivity index (χ3n) is 4.90. The van der Waals surface area contributed by atoms with Gasteiger partial charge in [0, 0.05) is 31.7 Å². The third kappa shape index (κ3) is 4.85. The van der Waals surface area contributed by atoms with Gasteiger partial charge in [-0.05, 0) is 37.1 Å². The number of nitrogens with one attached hydrogen (secondary N) is 1. The van der Waals surface area contributed by atoms with Crippen molar-refractivity contribution in [1.82, 2.24) is 14.2 Å². The number of rotatable bonds is 4. The van der Waals surface area contributed by atoms with Gasteiger partial charge in [-0.2, -0.15) is 0 Å². The summed E-state index contributed by atoms with van der Waals surface area (Å²) in [6.45, 7) is 0.815. The number of sulfonamides is 1. The fraction of sp³-hybridized carbons (Fsp3) is 0.368. The monoisotopic (exact) mass is 406 g/mol. The molecule has 1 aromatic heterocycles. The van der Waals surface area contributed by atoms with Crippen LogP contribution in [0.15, 0.2) is 42.6 Å². The number of hydrogen-bond acceptors (Lipinski definition) is 4. The summed E-state index contributed by atoms with van der Waals surface area (Å²) in [6.07, 6.45) is 3.91. The predicted molar refractivity (Wildman–Crippen MR) is 106 cm³/mol. The Morgan fingerprint density at radius 2 is 1.96 bits per heavy atom. The van der Waals surface area contributed by atoms with Crippen LogP contribution in [0.5, 0.6) is 0 Å². The standard InChI is InChI=1S/C19H23FN4O3S/c1-23(17-8-10-24(11-9-17)28(2,26)27)19(25)22-16-6-7-18(21-13-16)14-4-3-5-15(20)12-14/h3-7,12-13,17H,8-11H2,1-2H3,(H,22,25). The van der Waals surface area contributed by atoms with E-state index < -0.39 is 10.0 Å². The summed E-state index contributed by atoms with van der Waals surface area (Å²) in [5.74, 6) is -0.333. The SMILES string of the molecule is CN(C(=O)Nc1ccc(-c2cccc(F)c2)nc1)C1CCN(S(C)(=O)=O)CC1. The molecule has 9 heteroatoms. The molecule has 0 aliphatic carbocycles. The first-order valence-electron chi connectivity index (χ1n) is 8.95. The number of halogens is 1. The number of amides is 2. The molecule has 1 N–H and O–H groups in total. The van der Waals surface area contributed by atoms with Crippen LogP contribution in [-0.2, 0) is 10.0 Å². The van der Waals surface area contributed by atoms with Gasteiger partial charge in [0.05, 0.1) is 23.8 Å². The molecule has 0 atom stereocenters. The Labute approximate surface area is 164 Å². The van der Waals surface area contributed by atoms with E-state index in [1.807, 2.05) is 0 Å². The van der Waals surface area contributed by atoms with Gasteiger partial charge >= 0.3 is 6.03 Å². The van der Waals surface area contributed by atoms with Crippen LogP contribution in [0.1, 0.15) is 12.8 Å². The number of carbonyl (C=O) groups excluding carboxylic acids is 1. The van der Waals surface area contributed by atoms with E-state index in [-0.39, 0.29) is 17.9 Å². The summed E-state index contributed by atoms with van der Waals surface area (Å²) < 4.78 is 38.0. The number of pyridine rings is 1. The van der Waals surface area contributed by atoms with Crippen molar-refractivity contribution < 1.29 is 17.6 Å². The first-order chi connectivity index (χ1) is 13.2. The van der Waals surface area contributed by atoms with E-state index in [1.165, 1.54) is 28.9 Å². The minimum Gasteiger partial charge on any atom is -0.325 e. The van der Waals surface area contributed by atoms with Gasteiger partial charge in [0.1, 0.15) is 5.82 Å². The zero-order valence-electron chi connectivity index (χ0n) is 15.8. The van der Waals surface area contributed by atoms with E-state index >= 15 is 0 Å². The highest BCUT2D eigenvalue weighted by atomic mass is 32.2. The predicted octanol–water partition coefficient (Wildman–Crippen LogP) is 2.78. The molecule has 28 heavy (non-hydrogen) atoms. The average Bonchev–Trinajstić information content (AvgIpc) is 2.67. The van der Waals surface area contributed by atoms with Crippen LogP contribution in [0.3, 0.4) is 0 Å². The van der Waals surface area contributed by atoms with Gasteiger partial charge in [-0.15, -0.1) is 0 Å². The van der Waals surface area contributed by atoms with Crippen molar-refractivity contribution >= 4 is 21.7 Å². The Morgan fingerprint density at radius 3 is 2.54 bits per heavy atom. The number of nitrogens with zero attached hydrogens (tertiary/aromatic N) is 3. The van der Waals surface area contributed by atoms with E-state index in [2.05, 4.69) is 10.3 Å². The van der Waals surface area contributed by atoms with Crippen LogP contribution < -0.4 is 5.32 Å². The number of piperidine rings is 1. The molecule has 1 aliphatic rings. The molecule has 1 saturated heterocycles. The van der Waals surface area contributed by atoms with Crippen LogP contribution >= 0.6 is 0 Å². The molecule has 0 radical (unpaired) electrons. The lowest BCUT2D eigenvalue weighted by Crippen LogP contribution is -2.48. The van der Waals surface area contributed by atoms with Gasteiger partial charge in [0.2, 0.25) is 10.0 Å². The fourth-order valence-corrected chi connectivity index (χ4v) is 4.10. The summed E-state index contributed by atoms with van der Waals surface area (Å²) >= 11 is 0. The number of aromatic nitrogens is 1. The van der Waals surface area contributed by atoms with Gasteiger partial charge in [-0.25, -0.2) is 21.9 Å². The van der Waals surface area contributed by atoms with E-state index in [0.29, 0.717) is 42.9 Å². The van der Waals surface area contributed by atoms with E-state index in [9.17, 15) is 17.6 Å². The lowest BCUT2D eigenvalue weighted by molar-refractivity contribution is 0.174. The normalized spacial score (nSPS) is 16.0. The minimum absolute atomic E-state index is 0.0301. The van der Waals surface area contributed by atoms with Gasteiger partial charge in [0.15, 0.2) is 0 Å². The minimum atomic E-state index is -3.19. The van der Waals surface area contributed by atoms with Crippen LogP contribution in [0.4, 0.5) is 14.9 Å². The lowest BCUT2D eigenvalue weighted by atomic mass is 10.1. The number of hydrogen-bond donors (Lipinski definition) is 1. The van der Waals surface area contributed by atoms with Gasteiger partial charge in [0.25, 0.3) is 0 Å². The number of benzene rings is 1. The summed E-state index contributed by atoms with van der Waals surface area (Å²) in [7, 11) is -1.49. The summed E-state index contributed by atoms with van der Waals surface area (Å²) in [6, 6.07) is 9.27. The molecule has 2 aromatic rings. The van der Waals surface area contributed by atoms with Gasteiger partial charge < -0.3 is 10.2 Å². The van der Waals surface area contributed by atoms with Gasteiger partial charge in [-0.3, -0.25) is 4.98 Å². The second-order valence-corrected chi connectivity index (χ2v) is 8.86. The molecule has 0 saturated carbocycles. The fourth-order valence-electron chi connectivity index (χ4n) is 3.22. The average molecular weight is 406 g/mol. The molecule has 0 unspecified atom stereocenters. The number of urea groups is 1. The smallest absolute Gasteiger partial charge is 0.321 e. The van der Waals surface area contributed by atoms with Gasteiger partial charge in [-0.1, -0.05) is 12.1 Å². The highest BCUT2D eigenvalue weighted by Crippen LogP contribution is 2.21. The molecular weight excluding hydrogens is 383 g/mol. The Balaban J connectivity index is 1.58. The van der Waals surface area contributed by atoms with Crippen molar-refractivity contribution in [2.75, 3.05) is 31.7 Å². The molecule has 7 nitrogen and oxygen atoms in total. The van der Waals surface area contributed by atoms with E-state index in [0.717, 1.165) is 0 Å². The van der Waals surface area contributed by atoms with Crippen LogP contribution in [0.25, 0.3) is 11.3 Å². The third-order valence-corrected chi connectivity index (χ3v) is 6.20. The summed E-state index contributed by atoms with van der Waals surface area (Å²) in [5, 5.41) is 2.79. The van der Waals surface area contributed by atoms with Crippen LogP contribution in [-0.4, -0.2) is 61.1 Å². The van der Waals surface area contributed by atoms with Crippen molar-refractivity contribution in [2.24, 2.45) is 0 Å². The maximum absolute atomic E-state index is 13.3. The molecule has 2 heterocycles. The maximum Gasteiger partial charge on any atom is 0.321 e. The Kier molecular flexibility index (Phi) is 5.95. The molecular formula is C19H23FN4O3S. The molecule has 0 bridgehead atoms. The Morgan fingerprint density at radius 1 is 1.25 bits per heavy atom. The molecule has 2 amide bonds. The largest absolute Gasteiger partial charge is 0.325 e. The maximum atomic E-state index is 13.3. The first kappa shape index (κ1) is 20.2. The first-order valence-corrected chi connectivity index (χ1v) is 10.8. The molecule has 150 valence electrons. The van der Waals surface area contributed by atoms with Crippen molar-refractivity contribution in [3.63, 3.8) is 0 Å². The lowest BCUT2D eigenvalue weighted by Gasteiger charge is -2.35. The Bertz CT molecular complexity index is 942. The Hall–Kier alpha value is -2.52. The molecule has 0 spiro atoms. The number of anilines is 1. The second kappa shape index (κ2) is 8.24. The van der Waals surface area contributed by atoms with E-state index in [4.69, 9.17) is 0 Å². The highest BCUT2D eigenvalue weighted by Gasteiger charge is 2.29. The zero-order chi connectivity index (χ0) is 20.3. The molecule has 3 rings (SSSR count). The molecule has 1 fully saturated rings. The number of carbonyl (C=O) groups is 1. The van der Waals surface area contributed by atoms with Crippen LogP contribution in [0, 0.1) is 5.82 Å². The molecule has 1 aromatic carbocycles. The van der Waals surface area contributed by atoms with E-state index in [1.54, 1.807) is 36.2 Å². The summed E-state index contributed by atoms with van der Waals surface area (Å²) in [4.78, 5) is 18.4. The highest BCUT2D eigenvalue weighted by molar-refractivity contribution is 7.88. The van der Waals surface area contributed by atoms with Crippen molar-refractivity contribution in [3.8, 4) is 11.3 Å². The quantitative estimate of drug-likeness (QED) is 0.846.